The third-order valence-corrected chi connectivity index (χ3v) is 18.7. The van der Waals surface area contributed by atoms with E-state index in [9.17, 15) is 19.0 Å². The van der Waals surface area contributed by atoms with E-state index in [0.717, 1.165) is 89.9 Å². The molecular formula is C80H151N2O7P. The summed E-state index contributed by atoms with van der Waals surface area (Å²) in [6.07, 6.45) is 90.8. The van der Waals surface area contributed by atoms with Gasteiger partial charge in [-0.15, -0.1) is 0 Å². The zero-order chi connectivity index (χ0) is 65.6. The third-order valence-electron chi connectivity index (χ3n) is 17.7. The summed E-state index contributed by atoms with van der Waals surface area (Å²) in [5.41, 5.74) is 0. The molecule has 0 aromatic carbocycles. The quantitative estimate of drug-likeness (QED) is 0.0212. The molecule has 0 bridgehead atoms. The fourth-order valence-electron chi connectivity index (χ4n) is 11.7. The number of likely N-dealkylation sites (N-methyl/N-ethyl adjacent to an activating group) is 1. The smallest absolute Gasteiger partial charge is 0.306 e. The van der Waals surface area contributed by atoms with Crippen LogP contribution in [0.1, 0.15) is 387 Å². The minimum absolute atomic E-state index is 0.0224. The van der Waals surface area contributed by atoms with E-state index in [-0.39, 0.29) is 31.5 Å². The van der Waals surface area contributed by atoms with Gasteiger partial charge in [0.1, 0.15) is 19.3 Å². The highest BCUT2D eigenvalue weighted by Crippen LogP contribution is 2.38. The van der Waals surface area contributed by atoms with E-state index in [1.54, 1.807) is 0 Å². The molecule has 3 atom stereocenters. The van der Waals surface area contributed by atoms with E-state index >= 15 is 0 Å². The molecule has 10 heteroatoms. The van der Waals surface area contributed by atoms with Gasteiger partial charge in [-0.3, -0.25) is 14.2 Å². The van der Waals surface area contributed by atoms with Crippen LogP contribution >= 0.6 is 7.82 Å². The van der Waals surface area contributed by atoms with Crippen LogP contribution in [0.4, 0.5) is 0 Å². The van der Waals surface area contributed by atoms with Crippen molar-refractivity contribution in [3.05, 3.63) is 60.8 Å². The van der Waals surface area contributed by atoms with E-state index in [1.165, 1.54) is 263 Å². The number of carbonyl (C=O) groups is 2. The number of ether oxygens (including phenoxy) is 1. The molecule has 0 fully saturated rings. The summed E-state index contributed by atoms with van der Waals surface area (Å²) in [6, 6.07) is -0.892. The van der Waals surface area contributed by atoms with Crippen LogP contribution < -0.4 is 10.2 Å². The van der Waals surface area contributed by atoms with E-state index < -0.39 is 20.0 Å². The fraction of sp³-hybridized carbons (Fsp3) is 0.850. The lowest BCUT2D eigenvalue weighted by atomic mass is 10.0. The number of hydrogen-bond donors (Lipinski definition) is 1. The van der Waals surface area contributed by atoms with Crippen molar-refractivity contribution >= 4 is 19.7 Å². The first kappa shape index (κ1) is 87.7. The molecule has 0 radical (unpaired) electrons. The van der Waals surface area contributed by atoms with Gasteiger partial charge in [-0.25, -0.2) is 0 Å². The Morgan fingerprint density at radius 3 is 1.03 bits per heavy atom. The minimum Gasteiger partial charge on any atom is -0.756 e. The van der Waals surface area contributed by atoms with Crippen molar-refractivity contribution in [1.82, 2.24) is 5.32 Å². The van der Waals surface area contributed by atoms with Gasteiger partial charge in [0.2, 0.25) is 5.91 Å². The van der Waals surface area contributed by atoms with Crippen molar-refractivity contribution in [2.45, 2.75) is 399 Å². The minimum atomic E-state index is -4.71. The summed E-state index contributed by atoms with van der Waals surface area (Å²) < 4.78 is 30.5. The summed E-state index contributed by atoms with van der Waals surface area (Å²) in [4.78, 5) is 40.3. The number of phosphoric acid groups is 1. The zero-order valence-electron chi connectivity index (χ0n) is 60.6. The van der Waals surface area contributed by atoms with Crippen molar-refractivity contribution < 1.29 is 37.3 Å². The van der Waals surface area contributed by atoms with Crippen LogP contribution in [0.2, 0.25) is 0 Å². The number of carbonyl (C=O) groups excluding carboxylic acids is 2. The van der Waals surface area contributed by atoms with E-state index in [1.807, 2.05) is 33.3 Å². The second kappa shape index (κ2) is 69.5. The van der Waals surface area contributed by atoms with Crippen LogP contribution in [0, 0.1) is 0 Å². The van der Waals surface area contributed by atoms with E-state index in [4.69, 9.17) is 13.8 Å². The molecule has 0 saturated carbocycles. The number of nitrogens with one attached hydrogen (secondary N) is 1. The van der Waals surface area contributed by atoms with Gasteiger partial charge in [-0.1, -0.05) is 358 Å². The number of esters is 1. The van der Waals surface area contributed by atoms with Gasteiger partial charge >= 0.3 is 5.97 Å². The SMILES string of the molecule is CCCCC/C=C\C/C=C\C/C=C\C/C=C\CCCCCCCCCCCC(=O)OC(/C=C/CCCCCCCCCCCC)C(COP(=O)([O-])OCC[N+](C)(C)C)NC(=O)CCCCCCCCCCCCCCCCCCCCCCCCCCCCC. The molecule has 1 N–H and O–H groups in total. The number of allylic oxidation sites excluding steroid dienone is 9. The second-order valence-electron chi connectivity index (χ2n) is 27.9. The molecule has 0 rings (SSSR count). The molecule has 0 aliphatic carbocycles. The number of phosphoric ester groups is 1. The van der Waals surface area contributed by atoms with Crippen molar-refractivity contribution in [3.63, 3.8) is 0 Å². The van der Waals surface area contributed by atoms with Crippen LogP contribution in [-0.2, 0) is 27.9 Å². The number of rotatable bonds is 72. The molecule has 0 aliphatic rings. The van der Waals surface area contributed by atoms with E-state index in [2.05, 4.69) is 74.7 Å². The number of quaternary nitrogens is 1. The summed E-state index contributed by atoms with van der Waals surface area (Å²) in [7, 11) is 1.19. The molecule has 9 nitrogen and oxygen atoms in total. The first-order chi connectivity index (χ1) is 43.9. The molecule has 90 heavy (non-hydrogen) atoms. The predicted octanol–water partition coefficient (Wildman–Crippen LogP) is 24.7. The Bertz CT molecular complexity index is 1720. The van der Waals surface area contributed by atoms with E-state index in [0.29, 0.717) is 17.4 Å². The van der Waals surface area contributed by atoms with Gasteiger partial charge in [-0.05, 0) is 76.7 Å². The number of nitrogens with zero attached hydrogens (tertiary/aromatic N) is 1. The topological polar surface area (TPSA) is 114 Å². The van der Waals surface area contributed by atoms with Gasteiger partial charge in [0.25, 0.3) is 7.82 Å². The highest BCUT2D eigenvalue weighted by molar-refractivity contribution is 7.45. The van der Waals surface area contributed by atoms with Gasteiger partial charge in [0.15, 0.2) is 0 Å². The Hall–Kier alpha value is -2.29. The van der Waals surface area contributed by atoms with Gasteiger partial charge in [0.05, 0.1) is 33.8 Å². The normalized spacial score (nSPS) is 13.7. The van der Waals surface area contributed by atoms with Gasteiger partial charge in [0, 0.05) is 12.8 Å². The monoisotopic (exact) mass is 1280 g/mol. The summed E-state index contributed by atoms with van der Waals surface area (Å²) in [5, 5.41) is 3.06. The molecule has 3 unspecified atom stereocenters. The Kier molecular flexibility index (Phi) is 67.8. The molecule has 0 aromatic heterocycles. The summed E-state index contributed by atoms with van der Waals surface area (Å²) in [5.74, 6) is -0.530. The van der Waals surface area contributed by atoms with Crippen LogP contribution in [-0.4, -0.2) is 69.4 Å². The molecule has 1 amide bonds. The molecule has 0 spiro atoms. The maximum Gasteiger partial charge on any atom is 0.306 e. The number of unbranched alkanes of at least 4 members (excludes halogenated alkanes) is 48. The lowest BCUT2D eigenvalue weighted by Crippen LogP contribution is -2.47. The van der Waals surface area contributed by atoms with Crippen molar-refractivity contribution in [2.24, 2.45) is 0 Å². The Morgan fingerprint density at radius 1 is 0.389 bits per heavy atom. The Labute approximate surface area is 560 Å². The van der Waals surface area contributed by atoms with Crippen LogP contribution in [0.25, 0.3) is 0 Å². The third kappa shape index (κ3) is 70.0. The van der Waals surface area contributed by atoms with Gasteiger partial charge in [-0.2, -0.15) is 0 Å². The summed E-state index contributed by atoms with van der Waals surface area (Å²) >= 11 is 0. The standard InChI is InChI=1S/C80H151N2O7P/c1-7-10-13-16-19-22-25-28-30-32-34-36-38-40-41-43-44-46-48-50-52-54-57-60-63-66-69-72-79(83)81-77(76-88-90(85,86)87-75-74-82(4,5)6)78(71-68-65-62-59-56-27-24-21-18-15-12-9-3)89-80(84)73-70-67-64-61-58-55-53-51-49-47-45-42-39-37-35-33-31-29-26-23-20-17-14-11-8-2/h20,23,29,31,35,37,42,45,68,71,77-78H,7-19,21-22,24-28,30,32-34,36,38-41,43-44,46-67,69-70,72-76H2,1-6H3,(H-,81,83,85,86)/b23-20-,31-29-,37-35-,45-42-,71-68+. The lowest BCUT2D eigenvalue weighted by molar-refractivity contribution is -0.870. The number of amides is 1. The van der Waals surface area contributed by atoms with Crippen molar-refractivity contribution in [3.8, 4) is 0 Å². The maximum absolute atomic E-state index is 13.6. The second-order valence-corrected chi connectivity index (χ2v) is 29.3. The highest BCUT2D eigenvalue weighted by atomic mass is 31.2. The highest BCUT2D eigenvalue weighted by Gasteiger charge is 2.27. The molecule has 0 heterocycles. The first-order valence-electron chi connectivity index (χ1n) is 39.1. The zero-order valence-corrected chi connectivity index (χ0v) is 61.5. The predicted molar refractivity (Wildman–Crippen MR) is 390 cm³/mol. The van der Waals surface area contributed by atoms with Gasteiger partial charge < -0.3 is 28.5 Å². The van der Waals surface area contributed by atoms with Crippen LogP contribution in [0.3, 0.4) is 0 Å². The van der Waals surface area contributed by atoms with Crippen LogP contribution in [0.5, 0.6) is 0 Å². The summed E-state index contributed by atoms with van der Waals surface area (Å²) in [6.45, 7) is 6.87. The lowest BCUT2D eigenvalue weighted by Gasteiger charge is -2.30. The average molecular weight is 1280 g/mol. The molecular weight excluding hydrogens is 1130 g/mol. The number of hydrogen-bond acceptors (Lipinski definition) is 7. The van der Waals surface area contributed by atoms with Crippen molar-refractivity contribution in [1.29, 1.82) is 0 Å². The fourth-order valence-corrected chi connectivity index (χ4v) is 12.4. The van der Waals surface area contributed by atoms with Crippen molar-refractivity contribution in [2.75, 3.05) is 40.9 Å². The molecule has 0 saturated heterocycles. The molecule has 528 valence electrons. The Morgan fingerprint density at radius 2 is 0.678 bits per heavy atom. The maximum atomic E-state index is 13.6. The Balaban J connectivity index is 4.94. The largest absolute Gasteiger partial charge is 0.756 e. The molecule has 0 aliphatic heterocycles. The molecule has 0 aromatic rings. The first-order valence-corrected chi connectivity index (χ1v) is 40.6. The van der Waals surface area contributed by atoms with Crippen LogP contribution in [0.15, 0.2) is 60.8 Å². The average Bonchev–Trinajstić information content (AvgIpc) is 3.11.